The van der Waals surface area contributed by atoms with Gasteiger partial charge in [-0.3, -0.25) is 4.79 Å². The number of carbonyl (C=O) groups excluding carboxylic acids is 1. The van der Waals surface area contributed by atoms with Crippen LogP contribution in [0.3, 0.4) is 0 Å². The van der Waals surface area contributed by atoms with Gasteiger partial charge in [0.1, 0.15) is 10.7 Å². The Labute approximate surface area is 105 Å². The van der Waals surface area contributed by atoms with Gasteiger partial charge in [-0.25, -0.2) is 4.98 Å². The predicted octanol–water partition coefficient (Wildman–Crippen LogP) is 1.69. The van der Waals surface area contributed by atoms with Crippen molar-refractivity contribution in [2.45, 2.75) is 32.2 Å². The highest BCUT2D eigenvalue weighted by atomic mass is 32.1. The third-order valence-electron chi connectivity index (χ3n) is 2.97. The van der Waals surface area contributed by atoms with E-state index >= 15 is 0 Å². The van der Waals surface area contributed by atoms with Gasteiger partial charge >= 0.3 is 0 Å². The fourth-order valence-corrected chi connectivity index (χ4v) is 2.69. The lowest BCUT2D eigenvalue weighted by molar-refractivity contribution is 0.0953. The van der Waals surface area contributed by atoms with Gasteiger partial charge in [0.15, 0.2) is 5.13 Å². The van der Waals surface area contributed by atoms with Gasteiger partial charge in [0.2, 0.25) is 0 Å². The number of rotatable bonds is 5. The summed E-state index contributed by atoms with van der Waals surface area (Å²) in [7, 11) is 1.76. The Morgan fingerprint density at radius 3 is 3.00 bits per heavy atom. The van der Waals surface area contributed by atoms with Crippen molar-refractivity contribution in [3.05, 3.63) is 4.88 Å². The Morgan fingerprint density at radius 2 is 2.41 bits per heavy atom. The molecule has 17 heavy (non-hydrogen) atoms. The summed E-state index contributed by atoms with van der Waals surface area (Å²) in [6.07, 6.45) is 3.45. The minimum Gasteiger partial charge on any atom is -0.382 e. The molecule has 4 N–H and O–H groups in total. The molecule has 1 heterocycles. The van der Waals surface area contributed by atoms with E-state index < -0.39 is 0 Å². The van der Waals surface area contributed by atoms with E-state index in [-0.39, 0.29) is 5.91 Å². The van der Waals surface area contributed by atoms with Crippen LogP contribution >= 0.6 is 11.3 Å². The van der Waals surface area contributed by atoms with Gasteiger partial charge in [0, 0.05) is 13.1 Å². The first-order chi connectivity index (χ1) is 8.15. The zero-order valence-electron chi connectivity index (χ0n) is 10.1. The number of hydrogen-bond acceptors (Lipinski definition) is 5. The predicted molar refractivity (Wildman–Crippen MR) is 70.3 cm³/mol. The molecule has 0 radical (unpaired) electrons. The van der Waals surface area contributed by atoms with Gasteiger partial charge in [0.05, 0.1) is 0 Å². The minimum atomic E-state index is -0.0925. The van der Waals surface area contributed by atoms with E-state index in [4.69, 9.17) is 5.73 Å². The zero-order valence-corrected chi connectivity index (χ0v) is 10.9. The average molecular weight is 254 g/mol. The van der Waals surface area contributed by atoms with Crippen LogP contribution in [0.25, 0.3) is 0 Å². The van der Waals surface area contributed by atoms with E-state index in [2.05, 4.69) is 22.5 Å². The number of amides is 1. The van der Waals surface area contributed by atoms with Crippen LogP contribution < -0.4 is 16.4 Å². The summed E-state index contributed by atoms with van der Waals surface area (Å²) in [5.74, 6) is 0.872. The highest BCUT2D eigenvalue weighted by Crippen LogP contribution is 2.35. The molecule has 1 aliphatic rings. The van der Waals surface area contributed by atoms with Gasteiger partial charge in [0.25, 0.3) is 5.91 Å². The molecule has 0 aromatic carbocycles. The number of nitrogen functional groups attached to an aromatic ring is 1. The molecule has 2 atom stereocenters. The standard InChI is InChI=1S/C11H18N4OS/c1-3-4-6-5-7(6)14-10(16)8-9(12)15-11(13-2)17-8/h6-7H,3-5,12H2,1-2H3,(H,13,15)(H,14,16). The second-order valence-corrected chi connectivity index (χ2v) is 5.35. The molecule has 1 aromatic heterocycles. The number of nitrogens with two attached hydrogens (primary N) is 1. The molecule has 6 heteroatoms. The van der Waals surface area contributed by atoms with Crippen LogP contribution in [0.5, 0.6) is 0 Å². The fourth-order valence-electron chi connectivity index (χ4n) is 1.95. The fraction of sp³-hybridized carbons (Fsp3) is 0.636. The van der Waals surface area contributed by atoms with Crippen LogP contribution in [0.2, 0.25) is 0 Å². The molecule has 2 unspecified atom stereocenters. The minimum absolute atomic E-state index is 0.0925. The Bertz CT molecular complexity index is 418. The van der Waals surface area contributed by atoms with E-state index in [1.54, 1.807) is 7.05 Å². The number of carbonyl (C=O) groups is 1. The molecule has 0 aliphatic heterocycles. The third kappa shape index (κ3) is 2.69. The van der Waals surface area contributed by atoms with Crippen molar-refractivity contribution in [1.29, 1.82) is 0 Å². The Morgan fingerprint density at radius 1 is 1.65 bits per heavy atom. The summed E-state index contributed by atoms with van der Waals surface area (Å²) in [5.41, 5.74) is 5.71. The molecule has 0 saturated heterocycles. The molecular formula is C11H18N4OS. The van der Waals surface area contributed by atoms with Gasteiger partial charge in [-0.15, -0.1) is 0 Å². The van der Waals surface area contributed by atoms with Crippen molar-refractivity contribution in [2.75, 3.05) is 18.1 Å². The van der Waals surface area contributed by atoms with Crippen molar-refractivity contribution < 1.29 is 4.79 Å². The molecule has 0 bridgehead atoms. The summed E-state index contributed by atoms with van der Waals surface area (Å²) in [5, 5.41) is 6.57. The molecule has 5 nitrogen and oxygen atoms in total. The monoisotopic (exact) mass is 254 g/mol. The molecule has 1 aliphatic carbocycles. The average Bonchev–Trinajstić information content (AvgIpc) is 2.90. The van der Waals surface area contributed by atoms with E-state index in [1.807, 2.05) is 0 Å². The first-order valence-corrected chi connectivity index (χ1v) is 6.72. The maximum Gasteiger partial charge on any atom is 0.265 e. The first-order valence-electron chi connectivity index (χ1n) is 5.90. The summed E-state index contributed by atoms with van der Waals surface area (Å²) in [6, 6.07) is 0.335. The van der Waals surface area contributed by atoms with Crippen molar-refractivity contribution in [3.63, 3.8) is 0 Å². The lowest BCUT2D eigenvalue weighted by Crippen LogP contribution is -2.26. The highest BCUT2D eigenvalue weighted by molar-refractivity contribution is 7.18. The second kappa shape index (κ2) is 4.91. The van der Waals surface area contributed by atoms with Crippen LogP contribution in [0.15, 0.2) is 0 Å². The van der Waals surface area contributed by atoms with Crippen LogP contribution in [-0.2, 0) is 0 Å². The summed E-state index contributed by atoms with van der Waals surface area (Å²) in [4.78, 5) is 16.5. The Balaban J connectivity index is 1.94. The summed E-state index contributed by atoms with van der Waals surface area (Å²) >= 11 is 1.29. The maximum absolute atomic E-state index is 11.9. The molecular weight excluding hydrogens is 236 g/mol. The molecule has 1 amide bonds. The van der Waals surface area contributed by atoms with Gasteiger partial charge in [-0.1, -0.05) is 24.7 Å². The van der Waals surface area contributed by atoms with Gasteiger partial charge < -0.3 is 16.4 Å². The highest BCUT2D eigenvalue weighted by Gasteiger charge is 2.37. The number of anilines is 2. The summed E-state index contributed by atoms with van der Waals surface area (Å²) < 4.78 is 0. The van der Waals surface area contributed by atoms with Crippen LogP contribution in [-0.4, -0.2) is 24.0 Å². The van der Waals surface area contributed by atoms with Crippen molar-refractivity contribution in [1.82, 2.24) is 10.3 Å². The number of hydrogen-bond donors (Lipinski definition) is 3. The lowest BCUT2D eigenvalue weighted by atomic mass is 10.2. The molecule has 94 valence electrons. The van der Waals surface area contributed by atoms with E-state index in [0.717, 1.165) is 6.42 Å². The van der Waals surface area contributed by atoms with Crippen molar-refractivity contribution >= 4 is 28.2 Å². The smallest absolute Gasteiger partial charge is 0.265 e. The second-order valence-electron chi connectivity index (χ2n) is 4.35. The largest absolute Gasteiger partial charge is 0.382 e. The molecule has 0 spiro atoms. The van der Waals surface area contributed by atoms with E-state index in [9.17, 15) is 4.79 Å². The number of nitrogens with zero attached hydrogens (tertiary/aromatic N) is 1. The van der Waals surface area contributed by atoms with Crippen molar-refractivity contribution in [3.8, 4) is 0 Å². The van der Waals surface area contributed by atoms with Crippen LogP contribution in [0.1, 0.15) is 35.9 Å². The third-order valence-corrected chi connectivity index (χ3v) is 4.06. The lowest BCUT2D eigenvalue weighted by Gasteiger charge is -2.02. The molecule has 1 fully saturated rings. The number of thiazole rings is 1. The zero-order chi connectivity index (χ0) is 12.4. The maximum atomic E-state index is 11.9. The van der Waals surface area contributed by atoms with Gasteiger partial charge in [-0.05, 0) is 18.8 Å². The van der Waals surface area contributed by atoms with E-state index in [0.29, 0.717) is 27.8 Å². The number of aromatic nitrogens is 1. The SMILES string of the molecule is CCCC1CC1NC(=O)c1sc(NC)nc1N. The normalized spacial score (nSPS) is 22.2. The topological polar surface area (TPSA) is 80.0 Å². The molecule has 2 rings (SSSR count). The van der Waals surface area contributed by atoms with E-state index in [1.165, 1.54) is 24.2 Å². The summed E-state index contributed by atoms with van der Waals surface area (Å²) in [6.45, 7) is 2.16. The van der Waals surface area contributed by atoms with Gasteiger partial charge in [-0.2, -0.15) is 0 Å². The van der Waals surface area contributed by atoms with Crippen LogP contribution in [0, 0.1) is 5.92 Å². The molecule has 1 saturated carbocycles. The Hall–Kier alpha value is -1.30. The molecule has 1 aromatic rings. The first kappa shape index (κ1) is 12.2. The Kier molecular flexibility index (Phi) is 3.51. The number of nitrogens with one attached hydrogen (secondary N) is 2. The quantitative estimate of drug-likeness (QED) is 0.747. The van der Waals surface area contributed by atoms with Crippen LogP contribution in [0.4, 0.5) is 10.9 Å². The van der Waals surface area contributed by atoms with Crippen molar-refractivity contribution in [2.24, 2.45) is 5.92 Å².